The molecule has 0 bridgehead atoms. The molecule has 1 aromatic carbocycles. The van der Waals surface area contributed by atoms with Gasteiger partial charge in [-0.3, -0.25) is 0 Å². The number of aryl methyl sites for hydroxylation is 1. The SMILES string of the molecule is Cc1ccc(C2OCC(C)(C(C)O)CO2)cc1. The monoisotopic (exact) mass is 236 g/mol. The summed E-state index contributed by atoms with van der Waals surface area (Å²) in [5, 5.41) is 9.67. The highest BCUT2D eigenvalue weighted by Crippen LogP contribution is 2.33. The van der Waals surface area contributed by atoms with Crippen LogP contribution in [-0.4, -0.2) is 24.4 Å². The second-order valence-corrected chi connectivity index (χ2v) is 5.19. The summed E-state index contributed by atoms with van der Waals surface area (Å²) in [6, 6.07) is 8.13. The summed E-state index contributed by atoms with van der Waals surface area (Å²) in [6.45, 7) is 6.84. The number of ether oxygens (including phenoxy) is 2. The molecule has 0 radical (unpaired) electrons. The maximum Gasteiger partial charge on any atom is 0.183 e. The van der Waals surface area contributed by atoms with Gasteiger partial charge in [0.2, 0.25) is 0 Å². The van der Waals surface area contributed by atoms with Crippen molar-refractivity contribution in [1.29, 1.82) is 0 Å². The topological polar surface area (TPSA) is 38.7 Å². The van der Waals surface area contributed by atoms with Crippen molar-refractivity contribution in [3.05, 3.63) is 35.4 Å². The molecular weight excluding hydrogens is 216 g/mol. The first-order chi connectivity index (χ1) is 8.01. The van der Waals surface area contributed by atoms with Crippen LogP contribution in [0.5, 0.6) is 0 Å². The summed E-state index contributed by atoms with van der Waals surface area (Å²) in [6.07, 6.45) is -0.733. The van der Waals surface area contributed by atoms with Gasteiger partial charge in [-0.05, 0) is 13.8 Å². The molecule has 1 heterocycles. The Balaban J connectivity index is 2.02. The molecule has 1 fully saturated rings. The van der Waals surface area contributed by atoms with Gasteiger partial charge in [0, 0.05) is 11.0 Å². The molecule has 1 aromatic rings. The van der Waals surface area contributed by atoms with Crippen LogP contribution in [0.15, 0.2) is 24.3 Å². The lowest BCUT2D eigenvalue weighted by atomic mass is 9.86. The minimum Gasteiger partial charge on any atom is -0.393 e. The zero-order chi connectivity index (χ0) is 12.5. The summed E-state index contributed by atoms with van der Waals surface area (Å²) in [5.74, 6) is 0. The van der Waals surface area contributed by atoms with Crippen molar-refractivity contribution in [1.82, 2.24) is 0 Å². The van der Waals surface area contributed by atoms with Crippen LogP contribution in [0.4, 0.5) is 0 Å². The molecule has 17 heavy (non-hydrogen) atoms. The third-order valence-electron chi connectivity index (χ3n) is 3.49. The Kier molecular flexibility index (Phi) is 3.52. The Labute approximate surface area is 102 Å². The molecule has 3 nitrogen and oxygen atoms in total. The number of hydrogen-bond donors (Lipinski definition) is 1. The molecule has 0 spiro atoms. The molecule has 1 aliphatic heterocycles. The van der Waals surface area contributed by atoms with E-state index in [9.17, 15) is 5.11 Å². The first-order valence-corrected chi connectivity index (χ1v) is 5.99. The number of aliphatic hydroxyl groups excluding tert-OH is 1. The van der Waals surface area contributed by atoms with Gasteiger partial charge in [-0.1, -0.05) is 36.8 Å². The van der Waals surface area contributed by atoms with E-state index in [1.165, 1.54) is 5.56 Å². The van der Waals surface area contributed by atoms with Crippen molar-refractivity contribution in [3.63, 3.8) is 0 Å². The maximum absolute atomic E-state index is 9.67. The first kappa shape index (κ1) is 12.6. The molecule has 1 saturated heterocycles. The van der Waals surface area contributed by atoms with E-state index in [4.69, 9.17) is 9.47 Å². The van der Waals surface area contributed by atoms with Crippen molar-refractivity contribution in [2.45, 2.75) is 33.2 Å². The van der Waals surface area contributed by atoms with Gasteiger partial charge in [0.05, 0.1) is 19.3 Å². The fourth-order valence-corrected chi connectivity index (χ4v) is 1.78. The van der Waals surface area contributed by atoms with Gasteiger partial charge in [-0.25, -0.2) is 0 Å². The molecule has 2 rings (SSSR count). The highest BCUT2D eigenvalue weighted by atomic mass is 16.7. The maximum atomic E-state index is 9.67. The van der Waals surface area contributed by atoms with E-state index in [0.29, 0.717) is 13.2 Å². The quantitative estimate of drug-likeness (QED) is 0.857. The predicted octanol–water partition coefficient (Wildman–Crippen LogP) is 2.43. The van der Waals surface area contributed by atoms with Crippen molar-refractivity contribution >= 4 is 0 Å². The molecule has 1 N–H and O–H groups in total. The molecule has 1 unspecified atom stereocenters. The van der Waals surface area contributed by atoms with Crippen molar-refractivity contribution < 1.29 is 14.6 Å². The summed E-state index contributed by atoms with van der Waals surface area (Å²) >= 11 is 0. The van der Waals surface area contributed by atoms with Crippen LogP contribution in [0.1, 0.15) is 31.3 Å². The van der Waals surface area contributed by atoms with E-state index in [2.05, 4.69) is 6.92 Å². The van der Waals surface area contributed by atoms with Gasteiger partial charge in [0.1, 0.15) is 0 Å². The van der Waals surface area contributed by atoms with Gasteiger partial charge in [-0.15, -0.1) is 0 Å². The highest BCUT2D eigenvalue weighted by molar-refractivity contribution is 5.22. The molecular formula is C14H20O3. The van der Waals surface area contributed by atoms with Crippen LogP contribution >= 0.6 is 0 Å². The van der Waals surface area contributed by atoms with Crippen molar-refractivity contribution in [3.8, 4) is 0 Å². The Morgan fingerprint density at radius 3 is 2.24 bits per heavy atom. The third-order valence-corrected chi connectivity index (χ3v) is 3.49. The highest BCUT2D eigenvalue weighted by Gasteiger charge is 2.37. The van der Waals surface area contributed by atoms with Crippen LogP contribution in [0, 0.1) is 12.3 Å². The minimum atomic E-state index is -0.429. The molecule has 94 valence electrons. The van der Waals surface area contributed by atoms with E-state index >= 15 is 0 Å². The smallest absolute Gasteiger partial charge is 0.183 e. The predicted molar refractivity (Wildman–Crippen MR) is 65.6 cm³/mol. The number of aliphatic hydroxyl groups is 1. The fraction of sp³-hybridized carbons (Fsp3) is 0.571. The van der Waals surface area contributed by atoms with Gasteiger partial charge in [0.15, 0.2) is 6.29 Å². The number of hydrogen-bond acceptors (Lipinski definition) is 3. The van der Waals surface area contributed by atoms with Crippen LogP contribution in [0.3, 0.4) is 0 Å². The lowest BCUT2D eigenvalue weighted by Crippen LogP contribution is -2.43. The van der Waals surface area contributed by atoms with Crippen LogP contribution in [0.25, 0.3) is 0 Å². The Hall–Kier alpha value is -0.900. The molecule has 0 aliphatic carbocycles. The summed E-state index contributed by atoms with van der Waals surface area (Å²) in [5.41, 5.74) is 1.95. The molecule has 0 aromatic heterocycles. The number of benzene rings is 1. The number of rotatable bonds is 2. The zero-order valence-corrected chi connectivity index (χ0v) is 10.6. The summed E-state index contributed by atoms with van der Waals surface area (Å²) < 4.78 is 11.4. The van der Waals surface area contributed by atoms with Gasteiger partial charge < -0.3 is 14.6 Å². The fourth-order valence-electron chi connectivity index (χ4n) is 1.78. The Bertz CT molecular complexity index is 362. The Morgan fingerprint density at radius 2 is 1.76 bits per heavy atom. The average molecular weight is 236 g/mol. The van der Waals surface area contributed by atoms with Crippen LogP contribution in [-0.2, 0) is 9.47 Å². The third kappa shape index (κ3) is 2.68. The largest absolute Gasteiger partial charge is 0.393 e. The van der Waals surface area contributed by atoms with Gasteiger partial charge in [-0.2, -0.15) is 0 Å². The minimum absolute atomic E-state index is 0.303. The molecule has 0 amide bonds. The van der Waals surface area contributed by atoms with E-state index < -0.39 is 6.10 Å². The molecule has 1 aliphatic rings. The van der Waals surface area contributed by atoms with E-state index in [-0.39, 0.29) is 11.7 Å². The van der Waals surface area contributed by atoms with Gasteiger partial charge in [0.25, 0.3) is 0 Å². The summed E-state index contributed by atoms with van der Waals surface area (Å²) in [4.78, 5) is 0. The molecule has 3 heteroatoms. The second-order valence-electron chi connectivity index (χ2n) is 5.19. The lowest BCUT2D eigenvalue weighted by Gasteiger charge is -2.39. The van der Waals surface area contributed by atoms with Crippen molar-refractivity contribution in [2.75, 3.05) is 13.2 Å². The van der Waals surface area contributed by atoms with E-state index in [1.54, 1.807) is 6.92 Å². The Morgan fingerprint density at radius 1 is 1.24 bits per heavy atom. The van der Waals surface area contributed by atoms with Crippen molar-refractivity contribution in [2.24, 2.45) is 5.41 Å². The summed E-state index contributed by atoms with van der Waals surface area (Å²) in [7, 11) is 0. The zero-order valence-electron chi connectivity index (χ0n) is 10.6. The van der Waals surface area contributed by atoms with Crippen LogP contribution in [0.2, 0.25) is 0 Å². The van der Waals surface area contributed by atoms with E-state index in [1.807, 2.05) is 31.2 Å². The lowest BCUT2D eigenvalue weighted by molar-refractivity contribution is -0.247. The molecule has 1 atom stereocenters. The van der Waals surface area contributed by atoms with Crippen LogP contribution < -0.4 is 0 Å². The second kappa shape index (κ2) is 4.77. The average Bonchev–Trinajstić information content (AvgIpc) is 2.31. The normalized spacial score (nSPS) is 31.2. The van der Waals surface area contributed by atoms with Gasteiger partial charge >= 0.3 is 0 Å². The first-order valence-electron chi connectivity index (χ1n) is 5.99. The standard InChI is InChI=1S/C14H20O3/c1-10-4-6-12(7-5-10)13-16-8-14(3,9-17-13)11(2)15/h4-7,11,13,15H,8-9H2,1-3H3. The molecule has 0 saturated carbocycles. The van der Waals surface area contributed by atoms with E-state index in [0.717, 1.165) is 5.56 Å².